The van der Waals surface area contributed by atoms with Gasteiger partial charge in [-0.25, -0.2) is 12.8 Å². The van der Waals surface area contributed by atoms with Gasteiger partial charge in [0.25, 0.3) is 5.91 Å². The Hall–Kier alpha value is -2.94. The molecule has 2 aromatic heterocycles. The molecule has 1 aromatic carbocycles. The van der Waals surface area contributed by atoms with Gasteiger partial charge in [0.1, 0.15) is 17.4 Å². The molecule has 2 heterocycles. The van der Waals surface area contributed by atoms with Gasteiger partial charge < -0.3 is 10.2 Å². The Morgan fingerprint density at radius 1 is 1.31 bits per heavy atom. The number of nitrogens with zero attached hydrogens (tertiary/aromatic N) is 2. The molecule has 3 aromatic rings. The zero-order chi connectivity index (χ0) is 20.9. The number of nitrogens with two attached hydrogens (primary N) is 1. The number of rotatable bonds is 6. The second kappa shape index (κ2) is 6.84. The lowest BCUT2D eigenvalue weighted by atomic mass is 10.0. The van der Waals surface area contributed by atoms with Gasteiger partial charge in [-0.2, -0.15) is 4.98 Å². The molecule has 0 atom stereocenters. The average molecular weight is 417 g/mol. The fraction of sp³-hybridized carbons (Fsp3) is 0.300. The van der Waals surface area contributed by atoms with Crippen LogP contribution in [0.25, 0.3) is 11.1 Å². The molecule has 4 rings (SSSR count). The van der Waals surface area contributed by atoms with E-state index in [-0.39, 0.29) is 29.4 Å². The minimum absolute atomic E-state index is 0.144. The van der Waals surface area contributed by atoms with Crippen LogP contribution >= 0.6 is 0 Å². The van der Waals surface area contributed by atoms with E-state index in [4.69, 9.17) is 10.2 Å². The summed E-state index contributed by atoms with van der Waals surface area (Å²) in [6, 6.07) is 7.60. The molecule has 0 aliphatic heterocycles. The topological polar surface area (TPSA) is 106 Å². The number of hydrogen-bond donors (Lipinski definition) is 1. The van der Waals surface area contributed by atoms with Gasteiger partial charge in [0.2, 0.25) is 15.7 Å². The van der Waals surface area contributed by atoms with E-state index in [0.717, 1.165) is 34.5 Å². The predicted molar refractivity (Wildman–Crippen MR) is 107 cm³/mol. The van der Waals surface area contributed by atoms with Crippen molar-refractivity contribution in [2.45, 2.75) is 25.2 Å². The number of fused-ring (bicyclic) bond motifs is 1. The fourth-order valence-electron chi connectivity index (χ4n) is 3.36. The summed E-state index contributed by atoms with van der Waals surface area (Å²) in [5, 5.41) is 0.460. The Labute approximate surface area is 167 Å². The number of primary amides is 1. The fourth-order valence-corrected chi connectivity index (χ4v) is 3.82. The molecule has 9 heteroatoms. The Bertz CT molecular complexity index is 1210. The van der Waals surface area contributed by atoms with Gasteiger partial charge in [0.15, 0.2) is 0 Å². The zero-order valence-electron chi connectivity index (χ0n) is 16.0. The highest BCUT2D eigenvalue weighted by Crippen LogP contribution is 2.45. The standard InChI is InChI=1S/C20H20FN3O4S/c1-24(29(2,26)27)19-14(12-5-6-12)10-15-17(18(22)25)16(28-20(15)23-19)9-11-3-7-13(21)8-4-11/h3-4,7-8,10,12H,5-6,9H2,1-2H3,(H2,22,25). The van der Waals surface area contributed by atoms with Crippen molar-refractivity contribution in [3.63, 3.8) is 0 Å². The van der Waals surface area contributed by atoms with Gasteiger partial charge in [0, 0.05) is 13.5 Å². The van der Waals surface area contributed by atoms with Crippen LogP contribution in [0.5, 0.6) is 0 Å². The molecule has 0 radical (unpaired) electrons. The molecule has 29 heavy (non-hydrogen) atoms. The Morgan fingerprint density at radius 3 is 2.52 bits per heavy atom. The molecule has 152 valence electrons. The summed E-state index contributed by atoms with van der Waals surface area (Å²) in [5.74, 6) is -0.235. The Kier molecular flexibility index (Phi) is 4.57. The molecule has 1 amide bonds. The van der Waals surface area contributed by atoms with Crippen LogP contribution in [0, 0.1) is 5.82 Å². The number of pyridine rings is 1. The van der Waals surface area contributed by atoms with Gasteiger partial charge in [-0.15, -0.1) is 0 Å². The van der Waals surface area contributed by atoms with E-state index >= 15 is 0 Å². The Morgan fingerprint density at radius 2 is 1.97 bits per heavy atom. The van der Waals surface area contributed by atoms with Crippen molar-refractivity contribution in [3.8, 4) is 0 Å². The summed E-state index contributed by atoms with van der Waals surface area (Å²) in [6.07, 6.45) is 3.17. The third-order valence-electron chi connectivity index (χ3n) is 5.10. The highest BCUT2D eigenvalue weighted by Gasteiger charge is 2.32. The molecular formula is C20H20FN3O4S. The van der Waals surface area contributed by atoms with Crippen molar-refractivity contribution in [2.24, 2.45) is 5.73 Å². The molecule has 2 N–H and O–H groups in total. The van der Waals surface area contributed by atoms with E-state index in [0.29, 0.717) is 17.0 Å². The predicted octanol–water partition coefficient (Wildman–Crippen LogP) is 2.93. The first-order valence-electron chi connectivity index (χ1n) is 9.09. The van der Waals surface area contributed by atoms with Gasteiger partial charge in [-0.1, -0.05) is 12.1 Å². The van der Waals surface area contributed by atoms with Crippen molar-refractivity contribution in [3.05, 3.63) is 58.6 Å². The number of sulfonamides is 1. The van der Waals surface area contributed by atoms with Crippen molar-refractivity contribution in [2.75, 3.05) is 17.6 Å². The number of amides is 1. The number of aromatic nitrogens is 1. The summed E-state index contributed by atoms with van der Waals surface area (Å²) in [6.45, 7) is 0. The van der Waals surface area contributed by atoms with E-state index in [1.165, 1.54) is 19.2 Å². The third-order valence-corrected chi connectivity index (χ3v) is 6.27. The molecule has 0 saturated heterocycles. The minimum atomic E-state index is -3.52. The van der Waals surface area contributed by atoms with E-state index < -0.39 is 15.9 Å². The van der Waals surface area contributed by atoms with Crippen LogP contribution in [0.4, 0.5) is 10.2 Å². The van der Waals surface area contributed by atoms with Crippen molar-refractivity contribution in [1.29, 1.82) is 0 Å². The van der Waals surface area contributed by atoms with Crippen LogP contribution in [0.3, 0.4) is 0 Å². The Balaban J connectivity index is 1.89. The lowest BCUT2D eigenvalue weighted by Gasteiger charge is -2.18. The highest BCUT2D eigenvalue weighted by atomic mass is 32.2. The van der Waals surface area contributed by atoms with Crippen LogP contribution in [0.1, 0.15) is 46.0 Å². The lowest BCUT2D eigenvalue weighted by molar-refractivity contribution is 0.1000. The lowest BCUT2D eigenvalue weighted by Crippen LogP contribution is -2.26. The summed E-state index contributed by atoms with van der Waals surface area (Å²) in [7, 11) is -2.09. The van der Waals surface area contributed by atoms with E-state index in [1.54, 1.807) is 18.2 Å². The molecule has 0 unspecified atom stereocenters. The second-order valence-corrected chi connectivity index (χ2v) is 9.34. The van der Waals surface area contributed by atoms with Gasteiger partial charge >= 0.3 is 0 Å². The van der Waals surface area contributed by atoms with Gasteiger partial charge in [-0.05, 0) is 48.1 Å². The molecule has 1 saturated carbocycles. The molecule has 1 aliphatic rings. The van der Waals surface area contributed by atoms with Gasteiger partial charge in [-0.3, -0.25) is 9.10 Å². The van der Waals surface area contributed by atoms with Crippen molar-refractivity contribution >= 4 is 32.8 Å². The largest absolute Gasteiger partial charge is 0.441 e. The van der Waals surface area contributed by atoms with Crippen LogP contribution in [-0.2, 0) is 16.4 Å². The minimum Gasteiger partial charge on any atom is -0.441 e. The van der Waals surface area contributed by atoms with Gasteiger partial charge in [0.05, 0.1) is 17.2 Å². The summed E-state index contributed by atoms with van der Waals surface area (Å²) < 4.78 is 44.3. The molecule has 0 spiro atoms. The number of hydrogen-bond acceptors (Lipinski definition) is 5. The number of carbonyl (C=O) groups excluding carboxylic acids is 1. The van der Waals surface area contributed by atoms with E-state index in [9.17, 15) is 17.6 Å². The normalized spacial score (nSPS) is 14.3. The van der Waals surface area contributed by atoms with E-state index in [1.807, 2.05) is 0 Å². The molecule has 1 aliphatic carbocycles. The second-order valence-electron chi connectivity index (χ2n) is 7.33. The van der Waals surface area contributed by atoms with Crippen LogP contribution in [-0.4, -0.2) is 32.6 Å². The number of furan rings is 1. The first-order chi connectivity index (χ1) is 13.6. The first-order valence-corrected chi connectivity index (χ1v) is 10.9. The highest BCUT2D eigenvalue weighted by molar-refractivity contribution is 7.92. The smallest absolute Gasteiger partial charge is 0.252 e. The summed E-state index contributed by atoms with van der Waals surface area (Å²) >= 11 is 0. The monoisotopic (exact) mass is 417 g/mol. The molecule has 0 bridgehead atoms. The van der Waals surface area contributed by atoms with Crippen LogP contribution < -0.4 is 10.0 Å². The summed E-state index contributed by atoms with van der Waals surface area (Å²) in [5.41, 5.74) is 7.47. The molecule has 1 fully saturated rings. The summed E-state index contributed by atoms with van der Waals surface area (Å²) in [4.78, 5) is 16.6. The zero-order valence-corrected chi connectivity index (χ0v) is 16.8. The first kappa shape index (κ1) is 19.4. The molecular weight excluding hydrogens is 397 g/mol. The van der Waals surface area contributed by atoms with Crippen molar-refractivity contribution < 1.29 is 22.0 Å². The number of carbonyl (C=O) groups is 1. The molecule has 7 nitrogen and oxygen atoms in total. The number of anilines is 1. The van der Waals surface area contributed by atoms with Crippen molar-refractivity contribution in [1.82, 2.24) is 4.98 Å². The maximum atomic E-state index is 13.2. The number of benzene rings is 1. The van der Waals surface area contributed by atoms with E-state index in [2.05, 4.69) is 4.98 Å². The number of halogens is 1. The average Bonchev–Trinajstić information content (AvgIpc) is 3.42. The quantitative estimate of drug-likeness (QED) is 0.664. The van der Waals surface area contributed by atoms with Crippen LogP contribution in [0.15, 0.2) is 34.7 Å². The maximum absolute atomic E-state index is 13.2. The van der Waals surface area contributed by atoms with Crippen LogP contribution in [0.2, 0.25) is 0 Å². The third kappa shape index (κ3) is 3.69. The SMILES string of the molecule is CN(c1nc2oc(Cc3ccc(F)cc3)c(C(N)=O)c2cc1C1CC1)S(C)(=O)=O. The maximum Gasteiger partial charge on any atom is 0.252 e.